The van der Waals surface area contributed by atoms with Crippen molar-refractivity contribution in [3.05, 3.63) is 77.9 Å². The average molecular weight is 447 g/mol. The zero-order valence-corrected chi connectivity index (χ0v) is 18.6. The van der Waals surface area contributed by atoms with Crippen LogP contribution >= 0.6 is 11.3 Å². The van der Waals surface area contributed by atoms with Crippen LogP contribution in [0.1, 0.15) is 11.1 Å². The number of carbonyl (C=O) groups excluding carboxylic acids is 2. The minimum atomic E-state index is -0.622. The van der Waals surface area contributed by atoms with Crippen molar-refractivity contribution >= 4 is 38.6 Å². The number of carbonyl (C=O) groups is 2. The number of amides is 1. The van der Waals surface area contributed by atoms with E-state index in [2.05, 4.69) is 10.3 Å². The van der Waals surface area contributed by atoms with Gasteiger partial charge in [0.1, 0.15) is 5.75 Å². The van der Waals surface area contributed by atoms with Crippen molar-refractivity contribution in [2.24, 2.45) is 0 Å². The number of fused-ring (bicyclic) bond motifs is 1. The van der Waals surface area contributed by atoms with Crippen molar-refractivity contribution < 1.29 is 19.1 Å². The predicted octanol–water partition coefficient (Wildman–Crippen LogP) is 5.14. The number of hydrogen-bond acceptors (Lipinski definition) is 6. The van der Waals surface area contributed by atoms with Crippen LogP contribution in [-0.4, -0.2) is 30.1 Å². The molecule has 0 fully saturated rings. The Kier molecular flexibility index (Phi) is 6.47. The van der Waals surface area contributed by atoms with E-state index in [0.717, 1.165) is 32.5 Å². The third-order valence-corrected chi connectivity index (χ3v) is 5.68. The molecule has 4 rings (SSSR count). The smallest absolute Gasteiger partial charge is 0.344 e. The minimum Gasteiger partial charge on any atom is -0.482 e. The van der Waals surface area contributed by atoms with Crippen molar-refractivity contribution in [1.82, 2.24) is 4.98 Å². The molecule has 3 aromatic carbocycles. The van der Waals surface area contributed by atoms with Crippen LogP contribution in [0, 0.1) is 13.8 Å². The monoisotopic (exact) mass is 446 g/mol. The van der Waals surface area contributed by atoms with Crippen LogP contribution < -0.4 is 10.1 Å². The quantitative estimate of drug-likeness (QED) is 0.398. The summed E-state index contributed by atoms with van der Waals surface area (Å²) in [6.07, 6.45) is 0. The molecular weight excluding hydrogens is 424 g/mol. The molecule has 6 nitrogen and oxygen atoms in total. The molecule has 0 unspecified atom stereocenters. The Labute approximate surface area is 189 Å². The number of rotatable bonds is 7. The van der Waals surface area contributed by atoms with Crippen LogP contribution in [0.4, 0.5) is 5.13 Å². The van der Waals surface area contributed by atoms with Crippen molar-refractivity contribution in [3.63, 3.8) is 0 Å². The van der Waals surface area contributed by atoms with Crippen LogP contribution in [0.15, 0.2) is 66.7 Å². The van der Waals surface area contributed by atoms with E-state index in [1.165, 1.54) is 11.3 Å². The number of aromatic nitrogens is 1. The summed E-state index contributed by atoms with van der Waals surface area (Å²) in [4.78, 5) is 28.5. The first-order chi connectivity index (χ1) is 15.5. The molecule has 7 heteroatoms. The zero-order chi connectivity index (χ0) is 22.5. The predicted molar refractivity (Wildman–Crippen MR) is 126 cm³/mol. The Morgan fingerprint density at radius 2 is 1.66 bits per heavy atom. The first-order valence-electron chi connectivity index (χ1n) is 10.1. The standard InChI is InChI=1S/C25H22N2O4S/c1-16-12-17(2)24-21(13-16)32-25(27-24)26-22(28)14-31-23(29)15-30-20-10-8-19(9-11-20)18-6-4-3-5-7-18/h3-13H,14-15H2,1-2H3,(H,26,27,28). The lowest BCUT2D eigenvalue weighted by atomic mass is 10.1. The highest BCUT2D eigenvalue weighted by molar-refractivity contribution is 7.22. The molecule has 0 saturated carbocycles. The highest BCUT2D eigenvalue weighted by Gasteiger charge is 2.12. The number of ether oxygens (including phenoxy) is 2. The molecule has 0 atom stereocenters. The van der Waals surface area contributed by atoms with Crippen LogP contribution in [0.3, 0.4) is 0 Å². The van der Waals surface area contributed by atoms with Gasteiger partial charge in [0.05, 0.1) is 10.2 Å². The third kappa shape index (κ3) is 5.31. The lowest BCUT2D eigenvalue weighted by Gasteiger charge is -2.08. The van der Waals surface area contributed by atoms with Gasteiger partial charge in [-0.1, -0.05) is 59.9 Å². The molecule has 32 heavy (non-hydrogen) atoms. The number of thiazole rings is 1. The van der Waals surface area contributed by atoms with Crippen LogP contribution in [0.2, 0.25) is 0 Å². The maximum absolute atomic E-state index is 12.1. The van der Waals surface area contributed by atoms with E-state index >= 15 is 0 Å². The second-order valence-electron chi connectivity index (χ2n) is 7.34. The van der Waals surface area contributed by atoms with Gasteiger partial charge in [-0.2, -0.15) is 0 Å². The van der Waals surface area contributed by atoms with Crippen LogP contribution in [0.25, 0.3) is 21.3 Å². The minimum absolute atomic E-state index is 0.280. The molecule has 1 N–H and O–H groups in total. The van der Waals surface area contributed by atoms with Gasteiger partial charge < -0.3 is 9.47 Å². The summed E-state index contributed by atoms with van der Waals surface area (Å²) < 4.78 is 11.5. The second kappa shape index (κ2) is 9.62. The van der Waals surface area contributed by atoms with E-state index in [-0.39, 0.29) is 6.61 Å². The van der Waals surface area contributed by atoms with Gasteiger partial charge in [0.15, 0.2) is 18.3 Å². The van der Waals surface area contributed by atoms with E-state index in [1.54, 1.807) is 12.1 Å². The molecule has 0 saturated heterocycles. The Bertz CT molecular complexity index is 1250. The number of aryl methyl sites for hydroxylation is 2. The third-order valence-electron chi connectivity index (χ3n) is 4.76. The normalized spacial score (nSPS) is 10.7. The highest BCUT2D eigenvalue weighted by atomic mass is 32.1. The van der Waals surface area contributed by atoms with E-state index in [0.29, 0.717) is 10.9 Å². The topological polar surface area (TPSA) is 77.5 Å². The molecular formula is C25H22N2O4S. The number of nitrogens with zero attached hydrogens (tertiary/aromatic N) is 1. The summed E-state index contributed by atoms with van der Waals surface area (Å²) in [5.74, 6) is -0.520. The lowest BCUT2D eigenvalue weighted by Crippen LogP contribution is -2.23. The number of esters is 1. The van der Waals surface area contributed by atoms with E-state index in [1.807, 2.05) is 68.4 Å². The van der Waals surface area contributed by atoms with Gasteiger partial charge in [0.25, 0.3) is 5.91 Å². The fraction of sp³-hybridized carbons (Fsp3) is 0.160. The number of nitrogens with one attached hydrogen (secondary N) is 1. The molecule has 1 aromatic heterocycles. The SMILES string of the molecule is Cc1cc(C)c2nc(NC(=O)COC(=O)COc3ccc(-c4ccccc4)cc3)sc2c1. The Balaban J connectivity index is 1.24. The molecule has 0 aliphatic rings. The molecule has 4 aromatic rings. The number of benzene rings is 3. The van der Waals surface area contributed by atoms with Crippen molar-refractivity contribution in [3.8, 4) is 16.9 Å². The summed E-state index contributed by atoms with van der Waals surface area (Å²) in [5.41, 5.74) is 5.21. The lowest BCUT2D eigenvalue weighted by molar-refractivity contribution is -0.149. The van der Waals surface area contributed by atoms with Crippen molar-refractivity contribution in [1.29, 1.82) is 0 Å². The highest BCUT2D eigenvalue weighted by Crippen LogP contribution is 2.29. The summed E-state index contributed by atoms with van der Waals surface area (Å²) >= 11 is 1.39. The van der Waals surface area contributed by atoms with Gasteiger partial charge in [-0.3, -0.25) is 10.1 Å². The summed E-state index contributed by atoms with van der Waals surface area (Å²) in [7, 11) is 0. The molecule has 1 amide bonds. The summed E-state index contributed by atoms with van der Waals surface area (Å²) in [5, 5.41) is 3.16. The maximum atomic E-state index is 12.1. The van der Waals surface area contributed by atoms with Gasteiger partial charge in [-0.05, 0) is 54.3 Å². The molecule has 0 spiro atoms. The molecule has 0 radical (unpaired) electrons. The van der Waals surface area contributed by atoms with Gasteiger partial charge in [-0.25, -0.2) is 9.78 Å². The van der Waals surface area contributed by atoms with Gasteiger partial charge in [0, 0.05) is 0 Å². The molecule has 162 valence electrons. The maximum Gasteiger partial charge on any atom is 0.344 e. The first-order valence-corrected chi connectivity index (χ1v) is 10.9. The Hall–Kier alpha value is -3.71. The Morgan fingerprint density at radius 3 is 2.41 bits per heavy atom. The summed E-state index contributed by atoms with van der Waals surface area (Å²) in [6.45, 7) is 3.32. The molecule has 0 aliphatic carbocycles. The van der Waals surface area contributed by atoms with Gasteiger partial charge in [0.2, 0.25) is 0 Å². The van der Waals surface area contributed by atoms with E-state index < -0.39 is 18.5 Å². The fourth-order valence-electron chi connectivity index (χ4n) is 3.28. The Morgan fingerprint density at radius 1 is 0.938 bits per heavy atom. The first kappa shape index (κ1) is 21.5. The number of hydrogen-bond donors (Lipinski definition) is 1. The number of anilines is 1. The molecule has 1 heterocycles. The summed E-state index contributed by atoms with van der Waals surface area (Å²) in [6, 6.07) is 21.5. The van der Waals surface area contributed by atoms with E-state index in [4.69, 9.17) is 9.47 Å². The van der Waals surface area contributed by atoms with Crippen LogP contribution in [0.5, 0.6) is 5.75 Å². The van der Waals surface area contributed by atoms with Crippen LogP contribution in [-0.2, 0) is 14.3 Å². The average Bonchev–Trinajstić information content (AvgIpc) is 3.19. The molecule has 0 aliphatic heterocycles. The second-order valence-corrected chi connectivity index (χ2v) is 8.37. The van der Waals surface area contributed by atoms with E-state index in [9.17, 15) is 9.59 Å². The molecule has 0 bridgehead atoms. The van der Waals surface area contributed by atoms with Gasteiger partial charge >= 0.3 is 5.97 Å². The largest absolute Gasteiger partial charge is 0.482 e. The van der Waals surface area contributed by atoms with Crippen molar-refractivity contribution in [2.45, 2.75) is 13.8 Å². The fourth-order valence-corrected chi connectivity index (χ4v) is 4.34. The van der Waals surface area contributed by atoms with Crippen molar-refractivity contribution in [2.75, 3.05) is 18.5 Å². The van der Waals surface area contributed by atoms with Gasteiger partial charge in [-0.15, -0.1) is 0 Å². The zero-order valence-electron chi connectivity index (χ0n) is 17.8.